The van der Waals surface area contributed by atoms with Gasteiger partial charge in [0.1, 0.15) is 0 Å². The maximum absolute atomic E-state index is 11.0. The summed E-state index contributed by atoms with van der Waals surface area (Å²) in [4.78, 5) is 12.5. The highest BCUT2D eigenvalue weighted by atomic mass is 32.1. The van der Waals surface area contributed by atoms with E-state index in [-0.39, 0.29) is 5.24 Å². The molecule has 0 heterocycles. The van der Waals surface area contributed by atoms with Gasteiger partial charge in [0.05, 0.1) is 0 Å². The molecule has 0 aliphatic heterocycles. The summed E-state index contributed by atoms with van der Waals surface area (Å²) in [6, 6.07) is 9.30. The lowest BCUT2D eigenvalue weighted by Crippen LogP contribution is -2.25. The summed E-state index contributed by atoms with van der Waals surface area (Å²) in [5.41, 5.74) is 0.808. The number of hydrogen-bond donors (Lipinski definition) is 0. The minimum Gasteiger partial charge on any atom is -0.296 e. The average Bonchev–Trinajstić information content (AvgIpc) is 2.15. The predicted molar refractivity (Wildman–Crippen MR) is 57.0 cm³/mol. The van der Waals surface area contributed by atoms with E-state index in [1.807, 2.05) is 30.3 Å². The Morgan fingerprint density at radius 2 is 2.08 bits per heavy atom. The van der Waals surface area contributed by atoms with Gasteiger partial charge in [-0.1, -0.05) is 24.3 Å². The molecular weight excluding hydrogens is 182 g/mol. The van der Waals surface area contributed by atoms with Crippen molar-refractivity contribution in [1.82, 2.24) is 0 Å². The molecule has 3 heteroatoms. The zero-order chi connectivity index (χ0) is 9.68. The fourth-order valence-corrected chi connectivity index (χ4v) is 1.20. The molecule has 0 aromatic heterocycles. The Bertz CT molecular complexity index is 297. The highest BCUT2D eigenvalue weighted by Crippen LogP contribution is 2.14. The van der Waals surface area contributed by atoms with Gasteiger partial charge in [-0.25, -0.2) is 0 Å². The molecule has 0 N–H and O–H groups in total. The van der Waals surface area contributed by atoms with Crippen LogP contribution in [-0.2, 0) is 0 Å². The molecule has 0 fully saturated rings. The summed E-state index contributed by atoms with van der Waals surface area (Å²) in [6.45, 7) is 4.02. The molecule has 1 amide bonds. The molecule has 0 saturated heterocycles. The lowest BCUT2D eigenvalue weighted by Gasteiger charge is -2.17. The van der Waals surface area contributed by atoms with E-state index in [1.165, 1.54) is 4.90 Å². The van der Waals surface area contributed by atoms with Crippen molar-refractivity contribution < 1.29 is 4.79 Å². The minimum atomic E-state index is -0.383. The Kier molecular flexibility index (Phi) is 3.46. The quantitative estimate of drug-likeness (QED) is 0.674. The van der Waals surface area contributed by atoms with Gasteiger partial charge in [0.25, 0.3) is 0 Å². The summed E-state index contributed by atoms with van der Waals surface area (Å²) in [7, 11) is 0. The summed E-state index contributed by atoms with van der Waals surface area (Å²) in [5.74, 6) is 0. The molecular formula is C10H10NOS. The third kappa shape index (κ3) is 2.56. The van der Waals surface area contributed by atoms with Crippen molar-refractivity contribution in [3.8, 4) is 0 Å². The monoisotopic (exact) mass is 192 g/mol. The fourth-order valence-electron chi connectivity index (χ4n) is 1.02. The molecule has 0 aliphatic carbocycles. The topological polar surface area (TPSA) is 20.3 Å². The van der Waals surface area contributed by atoms with Gasteiger partial charge < -0.3 is 0 Å². The second-order valence-corrected chi connectivity index (χ2v) is 2.85. The average molecular weight is 192 g/mol. The van der Waals surface area contributed by atoms with E-state index in [0.29, 0.717) is 6.54 Å². The summed E-state index contributed by atoms with van der Waals surface area (Å²) in [6.07, 6.45) is 1.65. The SMILES string of the molecule is C=CCN(C(=O)[S])c1ccccc1. The molecule has 0 spiro atoms. The Balaban J connectivity index is 2.88. The van der Waals surface area contributed by atoms with Gasteiger partial charge in [-0.2, -0.15) is 0 Å². The number of nitrogens with zero attached hydrogens (tertiary/aromatic N) is 1. The van der Waals surface area contributed by atoms with E-state index in [0.717, 1.165) is 5.69 Å². The van der Waals surface area contributed by atoms with Crippen LogP contribution in [-0.4, -0.2) is 11.8 Å². The van der Waals surface area contributed by atoms with Crippen LogP contribution >= 0.6 is 12.6 Å². The molecule has 0 atom stereocenters. The van der Waals surface area contributed by atoms with E-state index < -0.39 is 0 Å². The van der Waals surface area contributed by atoms with E-state index in [9.17, 15) is 4.79 Å². The van der Waals surface area contributed by atoms with Crippen molar-refractivity contribution in [3.63, 3.8) is 0 Å². The van der Waals surface area contributed by atoms with Crippen LogP contribution in [0.25, 0.3) is 0 Å². The van der Waals surface area contributed by atoms with Crippen LogP contribution in [0.2, 0.25) is 0 Å². The van der Waals surface area contributed by atoms with Crippen molar-refractivity contribution in [3.05, 3.63) is 43.0 Å². The molecule has 1 aromatic carbocycles. The smallest absolute Gasteiger partial charge is 0.296 e. The van der Waals surface area contributed by atoms with Gasteiger partial charge in [-0.15, -0.1) is 6.58 Å². The number of carbonyl (C=O) groups is 1. The van der Waals surface area contributed by atoms with Crippen LogP contribution in [0.3, 0.4) is 0 Å². The maximum Gasteiger partial charge on any atom is 0.317 e. The number of hydrogen-bond acceptors (Lipinski definition) is 1. The maximum atomic E-state index is 11.0. The van der Waals surface area contributed by atoms with Crippen molar-refractivity contribution in [2.24, 2.45) is 0 Å². The number of para-hydroxylation sites is 1. The van der Waals surface area contributed by atoms with E-state index in [2.05, 4.69) is 19.2 Å². The standard InChI is InChI=1S/C10H10NOS/c1-2-8-11(10(12)13)9-6-4-3-5-7-9/h2-7H,1,8H2. The van der Waals surface area contributed by atoms with Crippen LogP contribution < -0.4 is 4.90 Å². The number of rotatable bonds is 3. The lowest BCUT2D eigenvalue weighted by molar-refractivity contribution is 0.266. The third-order valence-corrected chi connectivity index (χ3v) is 1.82. The molecule has 13 heavy (non-hydrogen) atoms. The molecule has 1 aromatic rings. The van der Waals surface area contributed by atoms with Crippen LogP contribution in [0.4, 0.5) is 10.5 Å². The Hall–Kier alpha value is -1.35. The molecule has 1 rings (SSSR count). The third-order valence-electron chi connectivity index (χ3n) is 1.60. The van der Waals surface area contributed by atoms with Crippen LogP contribution in [0.1, 0.15) is 0 Å². The van der Waals surface area contributed by atoms with Crippen molar-refractivity contribution in [2.45, 2.75) is 0 Å². The highest BCUT2D eigenvalue weighted by Gasteiger charge is 2.09. The summed E-state index contributed by atoms with van der Waals surface area (Å²) >= 11 is 4.59. The first-order valence-corrected chi connectivity index (χ1v) is 4.31. The molecule has 67 valence electrons. The second-order valence-electron chi connectivity index (χ2n) is 2.50. The Labute approximate surface area is 83.3 Å². The molecule has 0 bridgehead atoms. The van der Waals surface area contributed by atoms with Gasteiger partial charge in [0.15, 0.2) is 0 Å². The number of amides is 1. The van der Waals surface area contributed by atoms with Crippen LogP contribution in [0, 0.1) is 0 Å². The van der Waals surface area contributed by atoms with Crippen LogP contribution in [0.5, 0.6) is 0 Å². The van der Waals surface area contributed by atoms with Crippen molar-refractivity contribution in [1.29, 1.82) is 0 Å². The van der Waals surface area contributed by atoms with Gasteiger partial charge in [0.2, 0.25) is 0 Å². The summed E-state index contributed by atoms with van der Waals surface area (Å²) < 4.78 is 0. The van der Waals surface area contributed by atoms with Crippen LogP contribution in [0.15, 0.2) is 43.0 Å². The Morgan fingerprint density at radius 3 is 2.54 bits per heavy atom. The molecule has 0 unspecified atom stereocenters. The zero-order valence-electron chi connectivity index (χ0n) is 7.14. The molecule has 1 radical (unpaired) electrons. The Morgan fingerprint density at radius 1 is 1.46 bits per heavy atom. The van der Waals surface area contributed by atoms with Crippen molar-refractivity contribution in [2.75, 3.05) is 11.4 Å². The van der Waals surface area contributed by atoms with E-state index in [4.69, 9.17) is 0 Å². The fraction of sp³-hybridized carbons (Fsp3) is 0.100. The zero-order valence-corrected chi connectivity index (χ0v) is 7.96. The van der Waals surface area contributed by atoms with Gasteiger partial charge in [-0.05, 0) is 24.8 Å². The van der Waals surface area contributed by atoms with Gasteiger partial charge in [-0.3, -0.25) is 9.69 Å². The van der Waals surface area contributed by atoms with Gasteiger partial charge >= 0.3 is 5.24 Å². The van der Waals surface area contributed by atoms with Crippen molar-refractivity contribution >= 4 is 23.6 Å². The first kappa shape index (κ1) is 9.74. The van der Waals surface area contributed by atoms with E-state index in [1.54, 1.807) is 6.08 Å². The second kappa shape index (κ2) is 4.62. The molecule has 0 saturated carbocycles. The number of benzene rings is 1. The first-order chi connectivity index (χ1) is 6.25. The predicted octanol–water partition coefficient (Wildman–Crippen LogP) is 3.00. The molecule has 2 nitrogen and oxygen atoms in total. The first-order valence-electron chi connectivity index (χ1n) is 3.90. The normalized spacial score (nSPS) is 9.23. The van der Waals surface area contributed by atoms with Gasteiger partial charge in [0, 0.05) is 12.2 Å². The largest absolute Gasteiger partial charge is 0.317 e. The van der Waals surface area contributed by atoms with E-state index >= 15 is 0 Å². The highest BCUT2D eigenvalue weighted by molar-refractivity contribution is 7.96. The molecule has 0 aliphatic rings. The minimum absolute atomic E-state index is 0.383. The number of anilines is 1. The lowest BCUT2D eigenvalue weighted by atomic mass is 10.3. The summed E-state index contributed by atoms with van der Waals surface area (Å²) in [5, 5.41) is -0.383. The number of carbonyl (C=O) groups excluding carboxylic acids is 1.